The standard InChI is InChI=1S/C17H26N4OS/c22-16-3-2-15(17(20-16)6-1-7-17)19-13-4-8-21(9-5-13)10-14-11-23-12-18-14/h11-13,15,19H,1-10H2,(H,20,22). The number of hydrogen-bond donors (Lipinski definition) is 2. The van der Waals surface area contributed by atoms with Crippen LogP contribution in [0.3, 0.4) is 0 Å². The molecule has 3 aliphatic rings. The molecule has 1 aromatic heterocycles. The average molecular weight is 334 g/mol. The number of rotatable bonds is 4. The van der Waals surface area contributed by atoms with Gasteiger partial charge in [-0.25, -0.2) is 4.98 Å². The van der Waals surface area contributed by atoms with Crippen LogP contribution in [0.25, 0.3) is 0 Å². The summed E-state index contributed by atoms with van der Waals surface area (Å²) in [6, 6.07) is 1.07. The van der Waals surface area contributed by atoms with Crippen LogP contribution in [0.5, 0.6) is 0 Å². The summed E-state index contributed by atoms with van der Waals surface area (Å²) in [5.41, 5.74) is 3.19. The van der Waals surface area contributed by atoms with E-state index in [0.717, 1.165) is 38.9 Å². The number of carbonyl (C=O) groups is 1. The molecule has 1 saturated carbocycles. The maximum atomic E-state index is 11.8. The summed E-state index contributed by atoms with van der Waals surface area (Å²) in [5, 5.41) is 9.33. The van der Waals surface area contributed by atoms with Crippen LogP contribution in [0.15, 0.2) is 10.9 Å². The number of likely N-dealkylation sites (tertiary alicyclic amines) is 1. The van der Waals surface area contributed by atoms with Gasteiger partial charge in [0.2, 0.25) is 5.91 Å². The van der Waals surface area contributed by atoms with Gasteiger partial charge in [0.1, 0.15) is 0 Å². The molecule has 5 nitrogen and oxygen atoms in total. The van der Waals surface area contributed by atoms with Crippen molar-refractivity contribution in [2.75, 3.05) is 13.1 Å². The number of aromatic nitrogens is 1. The SMILES string of the molecule is O=C1CCC(NC2CCN(Cc3cscn3)CC2)C2(CCC2)N1. The molecule has 1 aliphatic carbocycles. The summed E-state index contributed by atoms with van der Waals surface area (Å²) in [6.45, 7) is 3.27. The fraction of sp³-hybridized carbons (Fsp3) is 0.765. The molecule has 2 N–H and O–H groups in total. The second kappa shape index (κ2) is 6.49. The van der Waals surface area contributed by atoms with Crippen molar-refractivity contribution in [1.82, 2.24) is 20.5 Å². The first-order valence-electron chi connectivity index (χ1n) is 8.90. The first-order chi connectivity index (χ1) is 11.2. The van der Waals surface area contributed by atoms with E-state index in [1.165, 1.54) is 25.0 Å². The van der Waals surface area contributed by atoms with Gasteiger partial charge in [-0.2, -0.15) is 0 Å². The molecule has 126 valence electrons. The number of hydrogen-bond acceptors (Lipinski definition) is 5. The molecule has 1 spiro atoms. The molecule has 3 fully saturated rings. The monoisotopic (exact) mass is 334 g/mol. The minimum atomic E-state index is 0.0765. The number of piperidine rings is 2. The molecule has 6 heteroatoms. The minimum Gasteiger partial charge on any atom is -0.349 e. The van der Waals surface area contributed by atoms with Crippen LogP contribution in [0.4, 0.5) is 0 Å². The highest BCUT2D eigenvalue weighted by Gasteiger charge is 2.48. The molecule has 3 heterocycles. The predicted octanol–water partition coefficient (Wildman–Crippen LogP) is 1.90. The third kappa shape index (κ3) is 3.30. The van der Waals surface area contributed by atoms with E-state index in [2.05, 4.69) is 25.9 Å². The Hall–Kier alpha value is -0.980. The molecule has 0 radical (unpaired) electrons. The Bertz CT molecular complexity index is 535. The van der Waals surface area contributed by atoms with Gasteiger partial charge in [0.15, 0.2) is 0 Å². The summed E-state index contributed by atoms with van der Waals surface area (Å²) in [7, 11) is 0. The largest absolute Gasteiger partial charge is 0.349 e. The molecule has 23 heavy (non-hydrogen) atoms. The van der Waals surface area contributed by atoms with E-state index in [4.69, 9.17) is 0 Å². The number of thiazole rings is 1. The molecular weight excluding hydrogens is 308 g/mol. The van der Waals surface area contributed by atoms with Crippen molar-refractivity contribution in [3.8, 4) is 0 Å². The fourth-order valence-corrected chi connectivity index (χ4v) is 4.89. The number of carbonyl (C=O) groups excluding carboxylic acids is 1. The first kappa shape index (κ1) is 15.5. The van der Waals surface area contributed by atoms with E-state index in [1.807, 2.05) is 5.51 Å². The van der Waals surface area contributed by atoms with Crippen LogP contribution in [0, 0.1) is 0 Å². The second-order valence-corrected chi connectivity index (χ2v) is 8.06. The van der Waals surface area contributed by atoms with Crippen molar-refractivity contribution in [3.63, 3.8) is 0 Å². The molecule has 1 aromatic rings. The molecule has 1 atom stereocenters. The Labute approximate surface area is 141 Å². The number of nitrogens with zero attached hydrogens (tertiary/aromatic N) is 2. The molecule has 4 rings (SSSR count). The van der Waals surface area contributed by atoms with Crippen molar-refractivity contribution in [1.29, 1.82) is 0 Å². The molecule has 1 amide bonds. The summed E-state index contributed by atoms with van der Waals surface area (Å²) in [6.07, 6.45) is 7.64. The van der Waals surface area contributed by atoms with E-state index >= 15 is 0 Å². The lowest BCUT2D eigenvalue weighted by Crippen LogP contribution is -2.69. The zero-order valence-corrected chi connectivity index (χ0v) is 14.4. The number of nitrogens with one attached hydrogen (secondary N) is 2. The van der Waals surface area contributed by atoms with Crippen molar-refractivity contribution in [2.45, 2.75) is 69.1 Å². The van der Waals surface area contributed by atoms with Crippen molar-refractivity contribution >= 4 is 17.2 Å². The molecule has 2 aliphatic heterocycles. The second-order valence-electron chi connectivity index (χ2n) is 7.35. The van der Waals surface area contributed by atoms with E-state index in [0.29, 0.717) is 18.5 Å². The van der Waals surface area contributed by atoms with Gasteiger partial charge >= 0.3 is 0 Å². The topological polar surface area (TPSA) is 57.3 Å². The summed E-state index contributed by atoms with van der Waals surface area (Å²) < 4.78 is 0. The third-order valence-electron chi connectivity index (χ3n) is 5.85. The highest BCUT2D eigenvalue weighted by atomic mass is 32.1. The Morgan fingerprint density at radius 3 is 2.83 bits per heavy atom. The van der Waals surface area contributed by atoms with Gasteiger partial charge in [-0.3, -0.25) is 9.69 Å². The van der Waals surface area contributed by atoms with Gasteiger partial charge in [-0.05, 0) is 38.5 Å². The van der Waals surface area contributed by atoms with E-state index in [9.17, 15) is 4.79 Å². The van der Waals surface area contributed by atoms with Crippen LogP contribution in [-0.4, -0.2) is 46.5 Å². The van der Waals surface area contributed by atoms with Gasteiger partial charge in [0.25, 0.3) is 0 Å². The molecule has 0 bridgehead atoms. The van der Waals surface area contributed by atoms with E-state index in [1.54, 1.807) is 11.3 Å². The van der Waals surface area contributed by atoms with Crippen molar-refractivity contribution in [2.24, 2.45) is 0 Å². The summed E-state index contributed by atoms with van der Waals surface area (Å²) >= 11 is 1.68. The fourth-order valence-electron chi connectivity index (χ4n) is 4.34. The Balaban J connectivity index is 1.28. The highest BCUT2D eigenvalue weighted by molar-refractivity contribution is 7.07. The van der Waals surface area contributed by atoms with Crippen LogP contribution < -0.4 is 10.6 Å². The van der Waals surface area contributed by atoms with Gasteiger partial charge in [0.05, 0.1) is 16.7 Å². The Kier molecular flexibility index (Phi) is 4.39. The third-order valence-corrected chi connectivity index (χ3v) is 6.49. The molecule has 1 unspecified atom stereocenters. The van der Waals surface area contributed by atoms with Crippen molar-refractivity contribution in [3.05, 3.63) is 16.6 Å². The predicted molar refractivity (Wildman–Crippen MR) is 91.3 cm³/mol. The zero-order chi connectivity index (χ0) is 15.7. The Morgan fingerprint density at radius 2 is 2.17 bits per heavy atom. The van der Waals surface area contributed by atoms with E-state index in [-0.39, 0.29) is 11.4 Å². The van der Waals surface area contributed by atoms with Gasteiger partial charge in [-0.15, -0.1) is 11.3 Å². The molecular formula is C17H26N4OS. The van der Waals surface area contributed by atoms with E-state index < -0.39 is 0 Å². The molecule has 2 saturated heterocycles. The lowest BCUT2D eigenvalue weighted by atomic mass is 9.68. The zero-order valence-electron chi connectivity index (χ0n) is 13.6. The smallest absolute Gasteiger partial charge is 0.220 e. The lowest BCUT2D eigenvalue weighted by molar-refractivity contribution is -0.128. The van der Waals surface area contributed by atoms with Crippen LogP contribution >= 0.6 is 11.3 Å². The van der Waals surface area contributed by atoms with Crippen LogP contribution in [0.1, 0.15) is 50.6 Å². The first-order valence-corrected chi connectivity index (χ1v) is 9.84. The minimum absolute atomic E-state index is 0.0765. The van der Waals surface area contributed by atoms with Gasteiger partial charge in [-0.1, -0.05) is 0 Å². The quantitative estimate of drug-likeness (QED) is 0.883. The van der Waals surface area contributed by atoms with Gasteiger partial charge < -0.3 is 10.6 Å². The maximum Gasteiger partial charge on any atom is 0.220 e. The van der Waals surface area contributed by atoms with Crippen LogP contribution in [-0.2, 0) is 11.3 Å². The normalized spacial score (nSPS) is 28.5. The maximum absolute atomic E-state index is 11.8. The highest BCUT2D eigenvalue weighted by Crippen LogP contribution is 2.39. The Morgan fingerprint density at radius 1 is 1.35 bits per heavy atom. The average Bonchev–Trinajstić information content (AvgIpc) is 3.02. The summed E-state index contributed by atoms with van der Waals surface area (Å²) in [4.78, 5) is 18.7. The summed E-state index contributed by atoms with van der Waals surface area (Å²) in [5.74, 6) is 0.251. The van der Waals surface area contributed by atoms with Crippen molar-refractivity contribution < 1.29 is 4.79 Å². The van der Waals surface area contributed by atoms with Crippen LogP contribution in [0.2, 0.25) is 0 Å². The number of amides is 1. The molecule has 0 aromatic carbocycles. The lowest BCUT2D eigenvalue weighted by Gasteiger charge is -2.52. The van der Waals surface area contributed by atoms with Gasteiger partial charge in [0, 0.05) is 43.5 Å².